The highest BCUT2D eigenvalue weighted by Gasteiger charge is 2.43. The van der Waals surface area contributed by atoms with E-state index < -0.39 is 5.92 Å². The summed E-state index contributed by atoms with van der Waals surface area (Å²) in [6, 6.07) is 3.66. The van der Waals surface area contributed by atoms with Crippen molar-refractivity contribution in [1.29, 1.82) is 0 Å². The van der Waals surface area contributed by atoms with Crippen molar-refractivity contribution in [2.75, 3.05) is 27.4 Å². The summed E-state index contributed by atoms with van der Waals surface area (Å²) in [6.07, 6.45) is 5.18. The molecule has 0 saturated carbocycles. The van der Waals surface area contributed by atoms with Gasteiger partial charge < -0.3 is 19.5 Å². The molecule has 0 atom stereocenters. The molecule has 0 radical (unpaired) electrons. The second-order valence-corrected chi connectivity index (χ2v) is 9.42. The van der Waals surface area contributed by atoms with Crippen molar-refractivity contribution in [3.63, 3.8) is 0 Å². The number of phenols is 1. The molecule has 4 rings (SSSR count). The van der Waals surface area contributed by atoms with Crippen molar-refractivity contribution in [2.24, 2.45) is 0 Å². The normalized spacial score (nSPS) is 19.6. The number of phenolic OH excluding ortho intramolecular Hbond substituents is 1. The quantitative estimate of drug-likeness (QED) is 0.427. The van der Waals surface area contributed by atoms with Crippen LogP contribution in [0.4, 0.5) is 0 Å². The van der Waals surface area contributed by atoms with E-state index in [0.717, 1.165) is 66.8 Å². The molecule has 0 saturated heterocycles. The molecule has 1 aromatic rings. The molecule has 1 aliphatic heterocycles. The first-order valence-electron chi connectivity index (χ1n) is 10.8. The summed E-state index contributed by atoms with van der Waals surface area (Å²) in [5, 5.41) is 10.3. The zero-order chi connectivity index (χ0) is 22.1. The zero-order valence-electron chi connectivity index (χ0n) is 18.0. The standard InChI is InChI=1S/C24H28INO5/c1-30-11-5-10-26-16-6-3-8-18(27)22(16)21(23-17(26)7-4-9-19(23)28)14-12-15(25)24(29)20(13-14)31-2/h12-13,21,29H,3-11H2,1-2H3. The number of aromatic hydroxyl groups is 1. The molecule has 0 fully saturated rings. The molecule has 1 N–H and O–H groups in total. The second-order valence-electron chi connectivity index (χ2n) is 8.26. The van der Waals surface area contributed by atoms with E-state index in [1.165, 1.54) is 7.11 Å². The molecule has 2 aliphatic carbocycles. The lowest BCUT2D eigenvalue weighted by Crippen LogP contribution is -2.39. The van der Waals surface area contributed by atoms with Crippen LogP contribution < -0.4 is 4.74 Å². The summed E-state index contributed by atoms with van der Waals surface area (Å²) in [5.41, 5.74) is 4.46. The van der Waals surface area contributed by atoms with Crippen molar-refractivity contribution in [2.45, 2.75) is 50.9 Å². The third-order valence-electron chi connectivity index (χ3n) is 6.42. The Morgan fingerprint density at radius 2 is 1.65 bits per heavy atom. The van der Waals surface area contributed by atoms with Crippen LogP contribution in [0.2, 0.25) is 0 Å². The second kappa shape index (κ2) is 9.32. The smallest absolute Gasteiger partial charge is 0.171 e. The summed E-state index contributed by atoms with van der Waals surface area (Å²) in [4.78, 5) is 28.7. The number of ketones is 2. The predicted molar refractivity (Wildman–Crippen MR) is 125 cm³/mol. The first-order chi connectivity index (χ1) is 15.0. The van der Waals surface area contributed by atoms with Gasteiger partial charge in [-0.3, -0.25) is 9.59 Å². The van der Waals surface area contributed by atoms with Crippen molar-refractivity contribution < 1.29 is 24.2 Å². The van der Waals surface area contributed by atoms with Gasteiger partial charge in [-0.1, -0.05) is 0 Å². The number of hydrogen-bond donors (Lipinski definition) is 1. The number of Topliss-reactive ketones (excluding diaryl/α,β-unsaturated/α-hetero) is 2. The molecular formula is C24H28INO5. The number of carbonyl (C=O) groups excluding carboxylic acids is 2. The van der Waals surface area contributed by atoms with E-state index in [9.17, 15) is 14.7 Å². The Morgan fingerprint density at radius 3 is 2.19 bits per heavy atom. The number of carbonyl (C=O) groups is 2. The number of ether oxygens (including phenoxy) is 2. The lowest BCUT2D eigenvalue weighted by atomic mass is 9.71. The fourth-order valence-electron chi connectivity index (χ4n) is 5.10. The van der Waals surface area contributed by atoms with Gasteiger partial charge in [-0.15, -0.1) is 0 Å². The first kappa shape index (κ1) is 22.3. The van der Waals surface area contributed by atoms with Gasteiger partial charge in [0, 0.05) is 61.6 Å². The van der Waals surface area contributed by atoms with Crippen LogP contribution in [-0.2, 0) is 14.3 Å². The van der Waals surface area contributed by atoms with Crippen LogP contribution in [0.15, 0.2) is 34.7 Å². The first-order valence-corrected chi connectivity index (χ1v) is 11.9. The van der Waals surface area contributed by atoms with E-state index in [4.69, 9.17) is 9.47 Å². The van der Waals surface area contributed by atoms with E-state index in [1.807, 2.05) is 6.07 Å². The Morgan fingerprint density at radius 1 is 1.03 bits per heavy atom. The van der Waals surface area contributed by atoms with E-state index in [2.05, 4.69) is 27.5 Å². The molecule has 1 heterocycles. The minimum absolute atomic E-state index is 0.0807. The van der Waals surface area contributed by atoms with Crippen LogP contribution in [0.5, 0.6) is 11.5 Å². The van der Waals surface area contributed by atoms with Gasteiger partial charge in [0.15, 0.2) is 23.1 Å². The zero-order valence-corrected chi connectivity index (χ0v) is 20.2. The van der Waals surface area contributed by atoms with E-state index in [-0.39, 0.29) is 17.3 Å². The Labute approximate surface area is 196 Å². The molecular weight excluding hydrogens is 509 g/mol. The summed E-state index contributed by atoms with van der Waals surface area (Å²) < 4.78 is 11.3. The van der Waals surface area contributed by atoms with Crippen LogP contribution in [-0.4, -0.2) is 48.9 Å². The number of rotatable bonds is 6. The third-order valence-corrected chi connectivity index (χ3v) is 7.24. The maximum absolute atomic E-state index is 13.2. The molecule has 0 bridgehead atoms. The van der Waals surface area contributed by atoms with Gasteiger partial charge >= 0.3 is 0 Å². The van der Waals surface area contributed by atoms with Crippen LogP contribution in [0.1, 0.15) is 56.4 Å². The van der Waals surface area contributed by atoms with Gasteiger partial charge in [0.1, 0.15) is 0 Å². The van der Waals surface area contributed by atoms with Gasteiger partial charge in [-0.05, 0) is 72.4 Å². The summed E-state index contributed by atoms with van der Waals surface area (Å²) >= 11 is 2.07. The third kappa shape index (κ3) is 4.02. The van der Waals surface area contributed by atoms with E-state index in [0.29, 0.717) is 28.8 Å². The van der Waals surface area contributed by atoms with E-state index >= 15 is 0 Å². The highest BCUT2D eigenvalue weighted by molar-refractivity contribution is 14.1. The largest absolute Gasteiger partial charge is 0.504 e. The lowest BCUT2D eigenvalue weighted by Gasteiger charge is -2.44. The lowest BCUT2D eigenvalue weighted by molar-refractivity contribution is -0.117. The molecule has 166 valence electrons. The minimum atomic E-state index is -0.396. The Bertz CT molecular complexity index is 936. The summed E-state index contributed by atoms with van der Waals surface area (Å²) in [7, 11) is 3.20. The predicted octanol–water partition coefficient (Wildman–Crippen LogP) is 4.46. The molecule has 7 heteroatoms. The maximum atomic E-state index is 13.2. The average molecular weight is 537 g/mol. The number of methoxy groups -OCH3 is 2. The van der Waals surface area contributed by atoms with Gasteiger partial charge in [-0.25, -0.2) is 0 Å². The fraction of sp³-hybridized carbons (Fsp3) is 0.500. The number of hydrogen-bond acceptors (Lipinski definition) is 6. The topological polar surface area (TPSA) is 76.1 Å². The number of benzene rings is 1. The van der Waals surface area contributed by atoms with Gasteiger partial charge in [0.25, 0.3) is 0 Å². The van der Waals surface area contributed by atoms with Crippen LogP contribution >= 0.6 is 22.6 Å². The fourth-order valence-corrected chi connectivity index (χ4v) is 5.73. The molecule has 31 heavy (non-hydrogen) atoms. The summed E-state index contributed by atoms with van der Waals surface area (Å²) in [5.74, 6) is 0.287. The SMILES string of the molecule is COCCCN1C2=C(C(=O)CCC2)C(c2cc(I)c(O)c(OC)c2)C2=C1CCCC2=O. The molecule has 3 aliphatic rings. The highest BCUT2D eigenvalue weighted by Crippen LogP contribution is 2.50. The maximum Gasteiger partial charge on any atom is 0.171 e. The Balaban J connectivity index is 1.91. The number of nitrogens with zero attached hydrogens (tertiary/aromatic N) is 1. The Hall–Kier alpha value is -1.87. The Kier molecular flexibility index (Phi) is 6.71. The van der Waals surface area contributed by atoms with Crippen LogP contribution in [0.25, 0.3) is 0 Å². The van der Waals surface area contributed by atoms with Gasteiger partial charge in [-0.2, -0.15) is 0 Å². The molecule has 0 amide bonds. The number of allylic oxidation sites excluding steroid dienone is 4. The molecule has 6 nitrogen and oxygen atoms in total. The molecule has 1 aromatic carbocycles. The van der Waals surface area contributed by atoms with Crippen molar-refractivity contribution in [3.05, 3.63) is 43.8 Å². The van der Waals surface area contributed by atoms with Gasteiger partial charge in [0.05, 0.1) is 10.7 Å². The number of halogens is 1. The van der Waals surface area contributed by atoms with Crippen molar-refractivity contribution >= 4 is 34.2 Å². The van der Waals surface area contributed by atoms with Crippen LogP contribution in [0.3, 0.4) is 0 Å². The monoisotopic (exact) mass is 537 g/mol. The molecule has 0 unspecified atom stereocenters. The van der Waals surface area contributed by atoms with Crippen molar-refractivity contribution in [1.82, 2.24) is 4.90 Å². The van der Waals surface area contributed by atoms with E-state index in [1.54, 1.807) is 13.2 Å². The highest BCUT2D eigenvalue weighted by atomic mass is 127. The summed E-state index contributed by atoms with van der Waals surface area (Å²) in [6.45, 7) is 1.38. The molecule has 0 aromatic heterocycles. The molecule has 0 spiro atoms. The average Bonchev–Trinajstić information content (AvgIpc) is 2.76. The van der Waals surface area contributed by atoms with Gasteiger partial charge in [0.2, 0.25) is 0 Å². The van der Waals surface area contributed by atoms with Crippen LogP contribution in [0, 0.1) is 3.57 Å². The van der Waals surface area contributed by atoms with Crippen molar-refractivity contribution in [3.8, 4) is 11.5 Å². The minimum Gasteiger partial charge on any atom is -0.504 e.